The van der Waals surface area contributed by atoms with Crippen molar-refractivity contribution in [1.82, 2.24) is 0 Å². The fourth-order valence-electron chi connectivity index (χ4n) is 9.43. The van der Waals surface area contributed by atoms with Gasteiger partial charge in [0.1, 0.15) is 0 Å². The zero-order valence-electron chi connectivity index (χ0n) is 37.8. The van der Waals surface area contributed by atoms with Crippen LogP contribution in [0.3, 0.4) is 0 Å². The topological polar surface area (TPSA) is 15.3 Å². The van der Waals surface area contributed by atoms with Gasteiger partial charge in [-0.15, -0.1) is 0 Å². The summed E-state index contributed by atoms with van der Waals surface area (Å²) in [7, 11) is 0. The molecular weight excluding hydrogens is 821 g/mol. The highest BCUT2D eigenvalue weighted by Crippen LogP contribution is 2.41. The lowest BCUT2D eigenvalue weighted by Crippen LogP contribution is -2.34. The maximum atomic E-state index is 3.97. The van der Waals surface area contributed by atoms with Crippen molar-refractivity contribution in [3.8, 4) is 55.6 Å². The first-order valence-corrected chi connectivity index (χ1v) is 23.5. The number of nitrogens with one attached hydrogen (secondary N) is 1. The third-order valence-electron chi connectivity index (χ3n) is 13.2. The second kappa shape index (κ2) is 19.0. The van der Waals surface area contributed by atoms with Crippen molar-refractivity contribution >= 4 is 28.3 Å². The minimum absolute atomic E-state index is 0.420. The van der Waals surface area contributed by atoms with Gasteiger partial charge in [-0.2, -0.15) is 0 Å². The smallest absolute Gasteiger partial charge is 0.0847 e. The summed E-state index contributed by atoms with van der Waals surface area (Å²) in [5, 5.41) is 3.97. The fourth-order valence-corrected chi connectivity index (χ4v) is 9.43. The molecule has 68 heavy (non-hydrogen) atoms. The fraction of sp³-hybridized carbons (Fsp3) is 0.0303. The van der Waals surface area contributed by atoms with Crippen molar-refractivity contribution in [3.05, 3.63) is 296 Å². The molecule has 0 aromatic heterocycles. The van der Waals surface area contributed by atoms with Crippen LogP contribution in [-0.4, -0.2) is 0 Å². The number of hydrogen-bond acceptors (Lipinski definition) is 2. The molecule has 10 aromatic carbocycles. The molecule has 0 radical (unpaired) electrons. The molecule has 11 rings (SSSR count). The molecule has 324 valence electrons. The molecule has 1 N–H and O–H groups in total. The second-order valence-corrected chi connectivity index (χ2v) is 17.5. The van der Waals surface area contributed by atoms with Gasteiger partial charge in [-0.1, -0.05) is 237 Å². The van der Waals surface area contributed by atoms with Crippen molar-refractivity contribution in [3.63, 3.8) is 0 Å². The molecule has 1 aliphatic rings. The normalized spacial score (nSPS) is 14.2. The molecule has 1 aliphatic carbocycles. The van der Waals surface area contributed by atoms with Gasteiger partial charge in [0, 0.05) is 22.7 Å². The van der Waals surface area contributed by atoms with E-state index in [0.29, 0.717) is 0 Å². The van der Waals surface area contributed by atoms with Crippen LogP contribution >= 0.6 is 0 Å². The van der Waals surface area contributed by atoms with Crippen molar-refractivity contribution in [2.75, 3.05) is 10.2 Å². The third-order valence-corrected chi connectivity index (χ3v) is 13.2. The predicted octanol–water partition coefficient (Wildman–Crippen LogP) is 17.8. The zero-order valence-corrected chi connectivity index (χ0v) is 37.8. The largest absolute Gasteiger partial charge is 0.372 e. The molecule has 0 saturated carbocycles. The Kier molecular flexibility index (Phi) is 11.7. The number of allylic oxidation sites excluding steroid dienone is 2. The van der Waals surface area contributed by atoms with Crippen LogP contribution < -0.4 is 10.2 Å². The summed E-state index contributed by atoms with van der Waals surface area (Å²) in [4.78, 5) is 2.34. The Morgan fingerprint density at radius 2 is 0.588 bits per heavy atom. The summed E-state index contributed by atoms with van der Waals surface area (Å²) in [6, 6.07) is 95.8. The third kappa shape index (κ3) is 8.96. The van der Waals surface area contributed by atoms with Gasteiger partial charge in [-0.05, 0) is 127 Å². The molecule has 0 heterocycles. The van der Waals surface area contributed by atoms with Gasteiger partial charge in [0.15, 0.2) is 0 Å². The Morgan fingerprint density at radius 1 is 0.294 bits per heavy atom. The van der Waals surface area contributed by atoms with E-state index in [2.05, 4.69) is 295 Å². The number of rotatable bonds is 12. The number of anilines is 4. The van der Waals surface area contributed by atoms with E-state index in [-0.39, 0.29) is 0 Å². The number of hydrogen-bond donors (Lipinski definition) is 1. The molecule has 1 atom stereocenters. The Labute approximate surface area is 400 Å². The molecule has 0 fully saturated rings. The molecule has 0 aliphatic heterocycles. The first-order chi connectivity index (χ1) is 33.6. The highest BCUT2D eigenvalue weighted by molar-refractivity contribution is 5.82. The van der Waals surface area contributed by atoms with Crippen molar-refractivity contribution in [2.24, 2.45) is 0 Å². The SMILES string of the molecule is C1=CC(Nc2ccc(-c3ccccc3)cc2)(c2ccc(-c3ccccc3)cc2)CC=C1c1ccc(-c2ccc(N(c3ccc(-c4ccccc4)cc3)c3ccc(-c4ccccc4)cc3)cc2)cc1. The zero-order chi connectivity index (χ0) is 45.5. The van der Waals surface area contributed by atoms with Gasteiger partial charge in [-0.25, -0.2) is 0 Å². The summed E-state index contributed by atoms with van der Waals surface area (Å²) in [5.41, 5.74) is 19.6. The maximum Gasteiger partial charge on any atom is 0.0847 e. The van der Waals surface area contributed by atoms with Crippen molar-refractivity contribution < 1.29 is 0 Å². The van der Waals surface area contributed by atoms with E-state index in [9.17, 15) is 0 Å². The molecule has 0 spiro atoms. The maximum absolute atomic E-state index is 3.97. The van der Waals surface area contributed by atoms with E-state index < -0.39 is 5.54 Å². The van der Waals surface area contributed by atoms with Gasteiger partial charge < -0.3 is 10.2 Å². The van der Waals surface area contributed by atoms with Crippen LogP contribution in [0, 0.1) is 0 Å². The lowest BCUT2D eigenvalue weighted by Gasteiger charge is -2.35. The van der Waals surface area contributed by atoms with Crippen LogP contribution in [0.1, 0.15) is 17.5 Å². The molecular formula is C66H50N2. The van der Waals surface area contributed by atoms with Crippen LogP contribution in [0.15, 0.2) is 285 Å². The quantitative estimate of drug-likeness (QED) is 0.132. The van der Waals surface area contributed by atoms with E-state index >= 15 is 0 Å². The van der Waals surface area contributed by atoms with Crippen LogP contribution in [0.2, 0.25) is 0 Å². The van der Waals surface area contributed by atoms with E-state index in [1.807, 2.05) is 0 Å². The summed E-state index contributed by atoms with van der Waals surface area (Å²) in [6.07, 6.45) is 7.83. The van der Waals surface area contributed by atoms with E-state index in [0.717, 1.165) is 29.2 Å². The van der Waals surface area contributed by atoms with E-state index in [1.165, 1.54) is 72.3 Å². The van der Waals surface area contributed by atoms with Gasteiger partial charge in [-0.3, -0.25) is 0 Å². The summed E-state index contributed by atoms with van der Waals surface area (Å²) in [5.74, 6) is 0. The molecule has 10 aromatic rings. The van der Waals surface area contributed by atoms with Crippen molar-refractivity contribution in [2.45, 2.75) is 12.0 Å². The molecule has 0 amide bonds. The molecule has 1 unspecified atom stereocenters. The van der Waals surface area contributed by atoms with Gasteiger partial charge >= 0.3 is 0 Å². The lowest BCUT2D eigenvalue weighted by molar-refractivity contribution is 0.620. The van der Waals surface area contributed by atoms with Gasteiger partial charge in [0.2, 0.25) is 0 Å². The van der Waals surface area contributed by atoms with Crippen LogP contribution in [-0.2, 0) is 5.54 Å². The van der Waals surface area contributed by atoms with Crippen LogP contribution in [0.4, 0.5) is 22.7 Å². The first-order valence-electron chi connectivity index (χ1n) is 23.5. The molecule has 2 heteroatoms. The summed E-state index contributed by atoms with van der Waals surface area (Å²) < 4.78 is 0. The van der Waals surface area contributed by atoms with Crippen LogP contribution in [0.5, 0.6) is 0 Å². The van der Waals surface area contributed by atoms with E-state index in [1.54, 1.807) is 0 Å². The lowest BCUT2D eigenvalue weighted by atomic mass is 9.80. The van der Waals surface area contributed by atoms with Gasteiger partial charge in [0.05, 0.1) is 5.54 Å². The molecule has 2 nitrogen and oxygen atoms in total. The first kappa shape index (κ1) is 41.9. The molecule has 0 bridgehead atoms. The minimum Gasteiger partial charge on any atom is -0.372 e. The number of benzene rings is 10. The highest BCUT2D eigenvalue weighted by atomic mass is 15.1. The summed E-state index contributed by atoms with van der Waals surface area (Å²) >= 11 is 0. The molecule has 0 saturated heterocycles. The minimum atomic E-state index is -0.420. The Bertz CT molecular complexity index is 3200. The van der Waals surface area contributed by atoms with Crippen LogP contribution in [0.25, 0.3) is 61.2 Å². The van der Waals surface area contributed by atoms with Crippen molar-refractivity contribution in [1.29, 1.82) is 0 Å². The Morgan fingerprint density at radius 3 is 0.926 bits per heavy atom. The predicted molar refractivity (Wildman–Crippen MR) is 288 cm³/mol. The average molecular weight is 871 g/mol. The monoisotopic (exact) mass is 870 g/mol. The highest BCUT2D eigenvalue weighted by Gasteiger charge is 2.31. The Hall–Kier alpha value is -8.72. The van der Waals surface area contributed by atoms with Gasteiger partial charge in [0.25, 0.3) is 0 Å². The van der Waals surface area contributed by atoms with E-state index in [4.69, 9.17) is 0 Å². The average Bonchev–Trinajstić information content (AvgIpc) is 3.43. The summed E-state index contributed by atoms with van der Waals surface area (Å²) in [6.45, 7) is 0. The standard InChI is InChI=1S/C66H50N2/c1-5-13-49(14-6-1)55-25-35-61(36-26-55)66(67-62-37-27-56(28-38-62)50-15-7-2-8-16-50)47-45-60(46-48-66)54-23-21-53(22-24-54)59-33-43-65(44-34-59)68(63-39-29-57(30-40-63)51-17-9-3-10-18-51)64-41-31-58(32-42-64)52-19-11-4-12-20-52/h1-47,67H,48H2. The Balaban J connectivity index is 0.845. The second-order valence-electron chi connectivity index (χ2n) is 17.5. The number of nitrogens with zero attached hydrogens (tertiary/aromatic N) is 1.